The van der Waals surface area contributed by atoms with Gasteiger partial charge in [0.15, 0.2) is 0 Å². The van der Waals surface area contributed by atoms with Gasteiger partial charge in [-0.05, 0) is 98.2 Å². The lowest BCUT2D eigenvalue weighted by molar-refractivity contribution is 0.654. The summed E-state index contributed by atoms with van der Waals surface area (Å²) in [6.07, 6.45) is 2.04. The van der Waals surface area contributed by atoms with Crippen LogP contribution in [-0.4, -0.2) is 0 Å². The van der Waals surface area contributed by atoms with Gasteiger partial charge in [-0.2, -0.15) is 0 Å². The van der Waals surface area contributed by atoms with Crippen LogP contribution in [0.15, 0.2) is 170 Å². The highest BCUT2D eigenvalue weighted by atomic mass is 14.4. The quantitative estimate of drug-likeness (QED) is 0.157. The Morgan fingerprint density at radius 1 is 0.429 bits per heavy atom. The molecule has 49 heavy (non-hydrogen) atoms. The summed E-state index contributed by atoms with van der Waals surface area (Å²) >= 11 is 0. The molecule has 0 radical (unpaired) electrons. The van der Waals surface area contributed by atoms with Gasteiger partial charge in [0.1, 0.15) is 0 Å². The van der Waals surface area contributed by atoms with Crippen molar-refractivity contribution in [3.8, 4) is 44.5 Å². The molecule has 238 valence electrons. The van der Waals surface area contributed by atoms with Gasteiger partial charge in [0.25, 0.3) is 0 Å². The van der Waals surface area contributed by atoms with Crippen molar-refractivity contribution >= 4 is 0 Å². The third-order valence-corrected chi connectivity index (χ3v) is 10.7. The van der Waals surface area contributed by atoms with E-state index in [0.717, 1.165) is 12.8 Å². The lowest BCUT2D eigenvalue weighted by Gasteiger charge is -2.25. The fraction of sp³-hybridized carbons (Fsp3) is 0.143. The summed E-state index contributed by atoms with van der Waals surface area (Å²) in [5.74, 6) is 0.269. The SMILES string of the molecule is Cc1ccc(-c2ccc3c(c2)C(C)(C)c2cc(C(CCc4ccc(-c5ccccc5)cc4)c4cccc(-c5ccccc5)c4)ccc2-3)cc1. The van der Waals surface area contributed by atoms with E-state index in [-0.39, 0.29) is 11.3 Å². The molecule has 0 heterocycles. The van der Waals surface area contributed by atoms with Gasteiger partial charge in [-0.25, -0.2) is 0 Å². The minimum atomic E-state index is -0.0922. The zero-order valence-corrected chi connectivity index (χ0v) is 28.7. The first-order chi connectivity index (χ1) is 23.9. The summed E-state index contributed by atoms with van der Waals surface area (Å²) < 4.78 is 0. The van der Waals surface area contributed by atoms with Crippen molar-refractivity contribution in [1.82, 2.24) is 0 Å². The number of aryl methyl sites for hydroxylation is 2. The molecule has 0 saturated carbocycles. The monoisotopic (exact) mass is 630 g/mol. The molecule has 0 N–H and O–H groups in total. The summed E-state index contributed by atoms with van der Waals surface area (Å²) in [7, 11) is 0. The van der Waals surface area contributed by atoms with Crippen molar-refractivity contribution < 1.29 is 0 Å². The predicted octanol–water partition coefficient (Wildman–Crippen LogP) is 13.1. The lowest BCUT2D eigenvalue weighted by atomic mass is 9.79. The Balaban J connectivity index is 1.15. The van der Waals surface area contributed by atoms with Crippen LogP contribution in [0.2, 0.25) is 0 Å². The van der Waals surface area contributed by atoms with Crippen LogP contribution in [0.1, 0.15) is 59.6 Å². The minimum Gasteiger partial charge on any atom is -0.0622 e. The van der Waals surface area contributed by atoms with Gasteiger partial charge in [0.2, 0.25) is 0 Å². The van der Waals surface area contributed by atoms with E-state index in [9.17, 15) is 0 Å². The summed E-state index contributed by atoms with van der Waals surface area (Å²) in [6.45, 7) is 6.95. The molecule has 8 rings (SSSR count). The molecule has 1 aliphatic rings. The molecule has 1 unspecified atom stereocenters. The number of hydrogen-bond donors (Lipinski definition) is 0. The molecule has 0 saturated heterocycles. The number of benzene rings is 7. The van der Waals surface area contributed by atoms with Gasteiger partial charge >= 0.3 is 0 Å². The average molecular weight is 631 g/mol. The highest BCUT2D eigenvalue weighted by Gasteiger charge is 2.36. The molecule has 0 amide bonds. The molecule has 0 fully saturated rings. The molecule has 0 spiro atoms. The lowest BCUT2D eigenvalue weighted by Crippen LogP contribution is -2.16. The van der Waals surface area contributed by atoms with Gasteiger partial charge in [-0.3, -0.25) is 0 Å². The van der Waals surface area contributed by atoms with Crippen molar-refractivity contribution in [3.63, 3.8) is 0 Å². The van der Waals surface area contributed by atoms with Crippen LogP contribution in [0.25, 0.3) is 44.5 Å². The van der Waals surface area contributed by atoms with Crippen molar-refractivity contribution in [2.75, 3.05) is 0 Å². The van der Waals surface area contributed by atoms with Crippen molar-refractivity contribution in [2.24, 2.45) is 0 Å². The second-order valence-corrected chi connectivity index (χ2v) is 14.2. The first-order valence-corrected chi connectivity index (χ1v) is 17.6. The van der Waals surface area contributed by atoms with Crippen molar-refractivity contribution in [3.05, 3.63) is 203 Å². The van der Waals surface area contributed by atoms with Crippen LogP contribution in [-0.2, 0) is 11.8 Å². The molecule has 0 bridgehead atoms. The Morgan fingerprint density at radius 2 is 0.918 bits per heavy atom. The molecule has 7 aromatic carbocycles. The van der Waals surface area contributed by atoms with Gasteiger partial charge < -0.3 is 0 Å². The first-order valence-electron chi connectivity index (χ1n) is 17.6. The maximum absolute atomic E-state index is 2.53. The van der Waals surface area contributed by atoms with E-state index in [0.29, 0.717) is 0 Å². The summed E-state index contributed by atoms with van der Waals surface area (Å²) in [5.41, 5.74) is 18.5. The van der Waals surface area contributed by atoms with Crippen LogP contribution in [0, 0.1) is 6.92 Å². The van der Waals surface area contributed by atoms with E-state index in [1.54, 1.807) is 0 Å². The molecular formula is C49H42. The minimum absolute atomic E-state index is 0.0922. The standard InChI is InChI=1S/C49H42/c1-34-17-22-39(23-18-34)41-26-29-45-46-30-27-43(33-48(46)49(2,3)47(45)32-41)44(42-16-10-15-40(31-42)37-13-8-5-9-14-37)28-21-35-19-24-38(25-20-35)36-11-6-4-7-12-36/h4-20,22-27,29-33,44H,21,28H2,1-3H3. The van der Waals surface area contributed by atoms with E-state index in [1.807, 2.05) is 0 Å². The van der Waals surface area contributed by atoms with Crippen LogP contribution in [0.4, 0.5) is 0 Å². The fourth-order valence-electron chi connectivity index (χ4n) is 7.79. The molecule has 0 aliphatic heterocycles. The van der Waals surface area contributed by atoms with Gasteiger partial charge in [0, 0.05) is 11.3 Å². The molecule has 0 aromatic heterocycles. The number of fused-ring (bicyclic) bond motifs is 3. The Kier molecular flexibility index (Phi) is 8.10. The van der Waals surface area contributed by atoms with E-state index in [2.05, 4.69) is 191 Å². The molecule has 1 aliphatic carbocycles. The normalized spacial score (nSPS) is 13.4. The van der Waals surface area contributed by atoms with Crippen LogP contribution in [0.3, 0.4) is 0 Å². The molecular weight excluding hydrogens is 589 g/mol. The number of rotatable bonds is 8. The fourth-order valence-corrected chi connectivity index (χ4v) is 7.79. The summed E-state index contributed by atoms with van der Waals surface area (Å²) in [5, 5.41) is 0. The maximum atomic E-state index is 2.53. The van der Waals surface area contributed by atoms with E-state index in [1.165, 1.54) is 77.9 Å². The Hall–Kier alpha value is -5.46. The zero-order valence-electron chi connectivity index (χ0n) is 28.7. The topological polar surface area (TPSA) is 0 Å². The van der Waals surface area contributed by atoms with Crippen LogP contribution < -0.4 is 0 Å². The molecule has 0 heteroatoms. The first kappa shape index (κ1) is 30.8. The molecule has 7 aromatic rings. The number of hydrogen-bond acceptors (Lipinski definition) is 0. The Bertz CT molecular complexity index is 2220. The zero-order chi connectivity index (χ0) is 33.4. The molecule has 1 atom stereocenters. The predicted molar refractivity (Wildman–Crippen MR) is 208 cm³/mol. The summed E-state index contributed by atoms with van der Waals surface area (Å²) in [6, 6.07) is 63.1. The van der Waals surface area contributed by atoms with Crippen LogP contribution >= 0.6 is 0 Å². The largest absolute Gasteiger partial charge is 0.0622 e. The second-order valence-electron chi connectivity index (χ2n) is 14.2. The van der Waals surface area contributed by atoms with Crippen molar-refractivity contribution in [2.45, 2.75) is 44.9 Å². The van der Waals surface area contributed by atoms with Crippen molar-refractivity contribution in [1.29, 1.82) is 0 Å². The van der Waals surface area contributed by atoms with E-state index in [4.69, 9.17) is 0 Å². The van der Waals surface area contributed by atoms with E-state index < -0.39 is 0 Å². The second kappa shape index (κ2) is 12.9. The van der Waals surface area contributed by atoms with Crippen LogP contribution in [0.5, 0.6) is 0 Å². The Labute approximate surface area is 291 Å². The summed E-state index contributed by atoms with van der Waals surface area (Å²) in [4.78, 5) is 0. The Morgan fingerprint density at radius 3 is 1.61 bits per heavy atom. The smallest absolute Gasteiger partial charge is 0.0159 e. The maximum Gasteiger partial charge on any atom is 0.0159 e. The average Bonchev–Trinajstić information content (AvgIpc) is 3.38. The van der Waals surface area contributed by atoms with Gasteiger partial charge in [0.05, 0.1) is 0 Å². The van der Waals surface area contributed by atoms with Gasteiger partial charge in [-0.15, -0.1) is 0 Å². The highest BCUT2D eigenvalue weighted by Crippen LogP contribution is 2.51. The van der Waals surface area contributed by atoms with E-state index >= 15 is 0 Å². The van der Waals surface area contributed by atoms with Gasteiger partial charge in [-0.1, -0.05) is 183 Å². The third kappa shape index (κ3) is 6.05. The molecule has 0 nitrogen and oxygen atoms in total. The third-order valence-electron chi connectivity index (χ3n) is 10.7. The highest BCUT2D eigenvalue weighted by molar-refractivity contribution is 5.84.